The quantitative estimate of drug-likeness (QED) is 0.874. The summed E-state index contributed by atoms with van der Waals surface area (Å²) in [6.45, 7) is 12.3. The van der Waals surface area contributed by atoms with E-state index in [0.717, 1.165) is 12.0 Å². The van der Waals surface area contributed by atoms with Crippen molar-refractivity contribution in [2.75, 3.05) is 6.54 Å². The van der Waals surface area contributed by atoms with Crippen LogP contribution in [0.5, 0.6) is 0 Å². The lowest BCUT2D eigenvalue weighted by atomic mass is 9.86. The minimum Gasteiger partial charge on any atom is -0.480 e. The Balaban J connectivity index is 2.07. The number of carboxylic acid groups (broad SMARTS) is 1. The summed E-state index contributed by atoms with van der Waals surface area (Å²) in [6, 6.07) is 7.65. The van der Waals surface area contributed by atoms with Crippen molar-refractivity contribution in [3.8, 4) is 0 Å². The van der Waals surface area contributed by atoms with Gasteiger partial charge in [0.15, 0.2) is 0 Å². The molecule has 1 aromatic carbocycles. The summed E-state index contributed by atoms with van der Waals surface area (Å²) in [7, 11) is 0. The maximum absolute atomic E-state index is 12.4. The normalized spacial score (nSPS) is 20.9. The van der Waals surface area contributed by atoms with Gasteiger partial charge in [0, 0.05) is 6.54 Å². The van der Waals surface area contributed by atoms with Crippen molar-refractivity contribution in [1.29, 1.82) is 0 Å². The molecule has 1 heterocycles. The summed E-state index contributed by atoms with van der Waals surface area (Å²) < 4.78 is 5.38. The number of aliphatic carboxylic acids is 1. The van der Waals surface area contributed by atoms with Gasteiger partial charge < -0.3 is 9.84 Å². The van der Waals surface area contributed by atoms with Gasteiger partial charge in [0.2, 0.25) is 0 Å². The second-order valence-electron chi connectivity index (χ2n) is 9.24. The van der Waals surface area contributed by atoms with Crippen molar-refractivity contribution < 1.29 is 19.4 Å². The molecular formula is C21H31NO4. The minimum absolute atomic E-state index is 0.105. The van der Waals surface area contributed by atoms with Crippen molar-refractivity contribution in [1.82, 2.24) is 4.90 Å². The van der Waals surface area contributed by atoms with E-state index >= 15 is 0 Å². The maximum atomic E-state index is 12.4. The monoisotopic (exact) mass is 361 g/mol. The third-order valence-electron chi connectivity index (χ3n) is 4.65. The number of nitrogens with zero attached hydrogens (tertiary/aromatic N) is 1. The first kappa shape index (κ1) is 20.3. The Labute approximate surface area is 156 Å². The zero-order chi connectivity index (χ0) is 19.7. The predicted molar refractivity (Wildman–Crippen MR) is 101 cm³/mol. The number of carbonyl (C=O) groups excluding carboxylic acids is 1. The van der Waals surface area contributed by atoms with E-state index in [1.54, 1.807) is 20.8 Å². The number of amides is 1. The molecule has 1 aromatic rings. The predicted octanol–water partition coefficient (Wildman–Crippen LogP) is 4.24. The number of carbonyl (C=O) groups is 2. The first-order chi connectivity index (χ1) is 11.9. The molecule has 2 unspecified atom stereocenters. The molecule has 0 radical (unpaired) electrons. The van der Waals surface area contributed by atoms with E-state index in [0.29, 0.717) is 13.0 Å². The molecule has 1 fully saturated rings. The second kappa shape index (κ2) is 7.29. The topological polar surface area (TPSA) is 66.8 Å². The molecule has 1 N–H and O–H groups in total. The highest BCUT2D eigenvalue weighted by Crippen LogP contribution is 2.29. The molecule has 0 saturated carbocycles. The zero-order valence-electron chi connectivity index (χ0n) is 16.7. The van der Waals surface area contributed by atoms with Gasteiger partial charge in [0.25, 0.3) is 0 Å². The van der Waals surface area contributed by atoms with Crippen molar-refractivity contribution in [2.24, 2.45) is 5.92 Å². The first-order valence-electron chi connectivity index (χ1n) is 9.18. The van der Waals surface area contributed by atoms with Crippen LogP contribution in [0, 0.1) is 5.92 Å². The van der Waals surface area contributed by atoms with Gasteiger partial charge in [-0.05, 0) is 56.1 Å². The van der Waals surface area contributed by atoms with Crippen LogP contribution >= 0.6 is 0 Å². The molecule has 2 atom stereocenters. The number of ether oxygens (including phenoxy) is 1. The third-order valence-corrected chi connectivity index (χ3v) is 4.65. The summed E-state index contributed by atoms with van der Waals surface area (Å²) >= 11 is 0. The Hall–Kier alpha value is -2.04. The Morgan fingerprint density at radius 1 is 1.12 bits per heavy atom. The average molecular weight is 361 g/mol. The SMILES string of the molecule is CC(C)(C)OC(=O)N1CC(Cc2ccc(C(C)(C)C)cc2)CC1C(=O)O. The van der Waals surface area contributed by atoms with Gasteiger partial charge >= 0.3 is 12.1 Å². The molecule has 1 saturated heterocycles. The van der Waals surface area contributed by atoms with E-state index in [-0.39, 0.29) is 11.3 Å². The van der Waals surface area contributed by atoms with Gasteiger partial charge in [0.05, 0.1) is 0 Å². The summed E-state index contributed by atoms with van der Waals surface area (Å²) in [4.78, 5) is 25.3. The van der Waals surface area contributed by atoms with E-state index in [1.165, 1.54) is 10.5 Å². The molecule has 1 amide bonds. The number of hydrogen-bond acceptors (Lipinski definition) is 3. The summed E-state index contributed by atoms with van der Waals surface area (Å²) in [6.07, 6.45) is 0.666. The highest BCUT2D eigenvalue weighted by Gasteiger charge is 2.41. The third kappa shape index (κ3) is 5.23. The number of carboxylic acids is 1. The van der Waals surface area contributed by atoms with E-state index in [4.69, 9.17) is 4.74 Å². The van der Waals surface area contributed by atoms with Crippen LogP contribution in [0.4, 0.5) is 4.79 Å². The van der Waals surface area contributed by atoms with Crippen LogP contribution in [-0.2, 0) is 21.4 Å². The standard InChI is InChI=1S/C21H31NO4/c1-20(2,3)16-9-7-14(8-10-16)11-15-12-17(18(23)24)22(13-15)19(25)26-21(4,5)6/h7-10,15,17H,11-13H2,1-6H3,(H,23,24). The number of benzene rings is 1. The lowest BCUT2D eigenvalue weighted by Crippen LogP contribution is -2.43. The number of hydrogen-bond donors (Lipinski definition) is 1. The van der Waals surface area contributed by atoms with Gasteiger partial charge in [-0.3, -0.25) is 4.90 Å². The van der Waals surface area contributed by atoms with Crippen LogP contribution in [0.1, 0.15) is 59.1 Å². The molecule has 5 heteroatoms. The Kier molecular flexibility index (Phi) is 5.69. The van der Waals surface area contributed by atoms with Crippen molar-refractivity contribution in [3.05, 3.63) is 35.4 Å². The van der Waals surface area contributed by atoms with Crippen LogP contribution in [0.3, 0.4) is 0 Å². The lowest BCUT2D eigenvalue weighted by molar-refractivity contribution is -0.142. The largest absolute Gasteiger partial charge is 0.480 e. The van der Waals surface area contributed by atoms with Crippen LogP contribution in [0.25, 0.3) is 0 Å². The fourth-order valence-corrected chi connectivity index (χ4v) is 3.30. The fourth-order valence-electron chi connectivity index (χ4n) is 3.30. The molecule has 0 bridgehead atoms. The van der Waals surface area contributed by atoms with Gasteiger partial charge in [-0.1, -0.05) is 45.0 Å². The van der Waals surface area contributed by atoms with E-state index in [9.17, 15) is 14.7 Å². The Bertz CT molecular complexity index is 652. The second-order valence-corrected chi connectivity index (χ2v) is 9.24. The highest BCUT2D eigenvalue weighted by atomic mass is 16.6. The maximum Gasteiger partial charge on any atom is 0.411 e. The molecule has 0 aromatic heterocycles. The van der Waals surface area contributed by atoms with Gasteiger partial charge in [-0.2, -0.15) is 0 Å². The Morgan fingerprint density at radius 2 is 1.69 bits per heavy atom. The average Bonchev–Trinajstić information content (AvgIpc) is 2.89. The zero-order valence-corrected chi connectivity index (χ0v) is 16.7. The van der Waals surface area contributed by atoms with E-state index in [2.05, 4.69) is 45.0 Å². The molecule has 1 aliphatic rings. The van der Waals surface area contributed by atoms with Crippen LogP contribution in [0.2, 0.25) is 0 Å². The van der Waals surface area contributed by atoms with Gasteiger partial charge in [-0.15, -0.1) is 0 Å². The molecule has 0 spiro atoms. The summed E-state index contributed by atoms with van der Waals surface area (Å²) in [5, 5.41) is 9.49. The fraction of sp³-hybridized carbons (Fsp3) is 0.619. The van der Waals surface area contributed by atoms with Crippen LogP contribution in [0.15, 0.2) is 24.3 Å². The van der Waals surface area contributed by atoms with Crippen LogP contribution < -0.4 is 0 Å². The van der Waals surface area contributed by atoms with E-state index < -0.39 is 23.7 Å². The molecule has 5 nitrogen and oxygen atoms in total. The van der Waals surface area contributed by atoms with Gasteiger partial charge in [-0.25, -0.2) is 9.59 Å². The Morgan fingerprint density at radius 3 is 2.15 bits per heavy atom. The molecule has 0 aliphatic carbocycles. The lowest BCUT2D eigenvalue weighted by Gasteiger charge is -2.26. The molecule has 26 heavy (non-hydrogen) atoms. The van der Waals surface area contributed by atoms with Crippen molar-refractivity contribution in [2.45, 2.75) is 71.4 Å². The van der Waals surface area contributed by atoms with Crippen molar-refractivity contribution in [3.63, 3.8) is 0 Å². The number of rotatable bonds is 3. The molecule has 144 valence electrons. The van der Waals surface area contributed by atoms with E-state index in [1.807, 2.05) is 0 Å². The van der Waals surface area contributed by atoms with Gasteiger partial charge in [0.1, 0.15) is 11.6 Å². The first-order valence-corrected chi connectivity index (χ1v) is 9.18. The highest BCUT2D eigenvalue weighted by molar-refractivity contribution is 5.81. The summed E-state index contributed by atoms with van der Waals surface area (Å²) in [5.41, 5.74) is 1.90. The van der Waals surface area contributed by atoms with Crippen LogP contribution in [-0.4, -0.2) is 40.3 Å². The smallest absolute Gasteiger partial charge is 0.411 e. The summed E-state index contributed by atoms with van der Waals surface area (Å²) in [5.74, 6) is -0.856. The number of likely N-dealkylation sites (tertiary alicyclic amines) is 1. The van der Waals surface area contributed by atoms with Crippen molar-refractivity contribution >= 4 is 12.1 Å². The molecule has 1 aliphatic heterocycles. The molecular weight excluding hydrogens is 330 g/mol. The molecule has 2 rings (SSSR count). The minimum atomic E-state index is -0.971.